The molecule has 180 valence electrons. The predicted molar refractivity (Wildman–Crippen MR) is 128 cm³/mol. The Morgan fingerprint density at radius 3 is 2.42 bits per heavy atom. The van der Waals surface area contributed by atoms with Gasteiger partial charge in [-0.3, -0.25) is 13.9 Å². The summed E-state index contributed by atoms with van der Waals surface area (Å²) < 4.78 is 40.0. The van der Waals surface area contributed by atoms with E-state index in [2.05, 4.69) is 5.32 Å². The molecule has 0 saturated heterocycles. The maximum atomic E-state index is 14.2. The van der Waals surface area contributed by atoms with Gasteiger partial charge in [0, 0.05) is 37.1 Å². The highest BCUT2D eigenvalue weighted by atomic mass is 35.5. The Balaban J connectivity index is 2.19. The van der Waals surface area contributed by atoms with Crippen molar-refractivity contribution in [2.45, 2.75) is 32.4 Å². The second-order valence-electron chi connectivity index (χ2n) is 7.44. The molecule has 0 aliphatic heterocycles. The van der Waals surface area contributed by atoms with Gasteiger partial charge < -0.3 is 10.2 Å². The van der Waals surface area contributed by atoms with E-state index < -0.39 is 33.7 Å². The molecular formula is C22H26Cl2FN3O4S. The van der Waals surface area contributed by atoms with Crippen molar-refractivity contribution in [1.82, 2.24) is 10.2 Å². The SMILES string of the molecule is CNC(=O)[C@@H](C)N(Cc1ccccc1F)C(=O)CCCN(c1cc(Cl)ccc1Cl)S(C)(=O)=O. The van der Waals surface area contributed by atoms with Crippen molar-refractivity contribution >= 4 is 50.7 Å². The third kappa shape index (κ3) is 7.31. The molecule has 0 bridgehead atoms. The molecule has 0 spiro atoms. The monoisotopic (exact) mass is 517 g/mol. The molecule has 2 rings (SSSR count). The Bertz CT molecular complexity index is 1110. The molecule has 7 nitrogen and oxygen atoms in total. The number of carbonyl (C=O) groups excluding carboxylic acids is 2. The van der Waals surface area contributed by atoms with E-state index in [0.29, 0.717) is 5.02 Å². The molecule has 0 aliphatic carbocycles. The zero-order valence-corrected chi connectivity index (χ0v) is 20.8. The molecule has 2 aromatic carbocycles. The Hall–Kier alpha value is -2.36. The first-order valence-electron chi connectivity index (χ1n) is 10.1. The van der Waals surface area contributed by atoms with Gasteiger partial charge in [-0.25, -0.2) is 12.8 Å². The van der Waals surface area contributed by atoms with Gasteiger partial charge in [0.05, 0.1) is 17.0 Å². The van der Waals surface area contributed by atoms with Crippen molar-refractivity contribution in [3.8, 4) is 0 Å². The highest BCUT2D eigenvalue weighted by Gasteiger charge is 2.27. The number of amides is 2. The molecule has 1 N–H and O–H groups in total. The van der Waals surface area contributed by atoms with Gasteiger partial charge in [-0.15, -0.1) is 0 Å². The van der Waals surface area contributed by atoms with Crippen LogP contribution >= 0.6 is 23.2 Å². The minimum Gasteiger partial charge on any atom is -0.357 e. The van der Waals surface area contributed by atoms with E-state index in [9.17, 15) is 22.4 Å². The standard InChI is InChI=1S/C22H26Cl2FN3O4S/c1-15(22(30)26-2)27(14-16-7-4-5-8-19(16)25)21(29)9-6-12-28(33(3,31)32)20-13-17(23)10-11-18(20)24/h4-5,7-8,10-11,13,15H,6,9,12,14H2,1-3H3,(H,26,30)/t15-/m1/s1. The number of anilines is 1. The molecule has 2 amide bonds. The largest absolute Gasteiger partial charge is 0.357 e. The molecule has 0 fully saturated rings. The first-order chi connectivity index (χ1) is 15.5. The number of rotatable bonds is 10. The quantitative estimate of drug-likeness (QED) is 0.518. The van der Waals surface area contributed by atoms with Crippen molar-refractivity contribution in [3.05, 3.63) is 63.9 Å². The van der Waals surface area contributed by atoms with Gasteiger partial charge in [0.2, 0.25) is 21.8 Å². The predicted octanol–water partition coefficient (Wildman–Crippen LogP) is 3.84. The highest BCUT2D eigenvalue weighted by molar-refractivity contribution is 7.92. The zero-order valence-electron chi connectivity index (χ0n) is 18.5. The fourth-order valence-corrected chi connectivity index (χ4v) is 4.67. The maximum Gasteiger partial charge on any atom is 0.242 e. The molecule has 2 aromatic rings. The number of sulfonamides is 1. The maximum absolute atomic E-state index is 14.2. The average molecular weight is 518 g/mol. The molecular weight excluding hydrogens is 492 g/mol. The summed E-state index contributed by atoms with van der Waals surface area (Å²) in [6, 6.07) is 9.61. The first-order valence-corrected chi connectivity index (χ1v) is 12.7. The van der Waals surface area contributed by atoms with Crippen LogP contribution in [0.25, 0.3) is 0 Å². The fourth-order valence-electron chi connectivity index (χ4n) is 3.26. The molecule has 0 saturated carbocycles. The Labute approximate surface area is 203 Å². The van der Waals surface area contributed by atoms with Crippen molar-refractivity contribution in [3.63, 3.8) is 0 Å². The van der Waals surface area contributed by atoms with Crippen LogP contribution in [0.2, 0.25) is 10.0 Å². The van der Waals surface area contributed by atoms with Gasteiger partial charge in [-0.05, 0) is 37.6 Å². The number of nitrogens with one attached hydrogen (secondary N) is 1. The normalized spacial score (nSPS) is 12.2. The number of nitrogens with zero attached hydrogens (tertiary/aromatic N) is 2. The number of halogens is 3. The van der Waals surface area contributed by atoms with Crippen LogP contribution in [0.4, 0.5) is 10.1 Å². The lowest BCUT2D eigenvalue weighted by Gasteiger charge is -2.29. The zero-order chi connectivity index (χ0) is 24.8. The summed E-state index contributed by atoms with van der Waals surface area (Å²) in [7, 11) is -2.26. The summed E-state index contributed by atoms with van der Waals surface area (Å²) in [6.07, 6.45) is 1.10. The summed E-state index contributed by atoms with van der Waals surface area (Å²) in [4.78, 5) is 26.5. The molecule has 0 aliphatic rings. The van der Waals surface area contributed by atoms with Gasteiger partial charge in [0.1, 0.15) is 11.9 Å². The minimum atomic E-state index is -3.71. The number of hydrogen-bond donors (Lipinski definition) is 1. The van der Waals surface area contributed by atoms with E-state index in [1.807, 2.05) is 0 Å². The van der Waals surface area contributed by atoms with Gasteiger partial charge in [-0.2, -0.15) is 0 Å². The van der Waals surface area contributed by atoms with E-state index >= 15 is 0 Å². The summed E-state index contributed by atoms with van der Waals surface area (Å²) in [5.41, 5.74) is 0.478. The van der Waals surface area contributed by atoms with Crippen molar-refractivity contribution in [2.24, 2.45) is 0 Å². The van der Waals surface area contributed by atoms with Crippen molar-refractivity contribution in [2.75, 3.05) is 24.2 Å². The van der Waals surface area contributed by atoms with Crippen LogP contribution in [0, 0.1) is 5.82 Å². The molecule has 1 atom stereocenters. The fraction of sp³-hybridized carbons (Fsp3) is 0.364. The lowest BCUT2D eigenvalue weighted by Crippen LogP contribution is -2.47. The summed E-state index contributed by atoms with van der Waals surface area (Å²) in [5.74, 6) is -1.30. The molecule has 0 aromatic heterocycles. The average Bonchev–Trinajstić information content (AvgIpc) is 2.76. The topological polar surface area (TPSA) is 86.8 Å². The summed E-state index contributed by atoms with van der Waals surface area (Å²) in [6.45, 7) is 1.41. The first kappa shape index (κ1) is 26.9. The van der Waals surface area contributed by atoms with Crippen LogP contribution in [-0.4, -0.2) is 51.0 Å². The van der Waals surface area contributed by atoms with E-state index in [0.717, 1.165) is 10.6 Å². The van der Waals surface area contributed by atoms with E-state index in [1.165, 1.54) is 42.3 Å². The molecule has 0 unspecified atom stereocenters. The minimum absolute atomic E-state index is 0.0352. The number of likely N-dealkylation sites (N-methyl/N-ethyl adjacent to an activating group) is 1. The lowest BCUT2D eigenvalue weighted by molar-refractivity contribution is -0.140. The smallest absolute Gasteiger partial charge is 0.242 e. The van der Waals surface area contributed by atoms with Crippen molar-refractivity contribution < 1.29 is 22.4 Å². The Morgan fingerprint density at radius 1 is 1.15 bits per heavy atom. The number of benzene rings is 2. The van der Waals surface area contributed by atoms with Gasteiger partial charge >= 0.3 is 0 Å². The van der Waals surface area contributed by atoms with Crippen LogP contribution in [0.15, 0.2) is 42.5 Å². The highest BCUT2D eigenvalue weighted by Crippen LogP contribution is 2.31. The van der Waals surface area contributed by atoms with Crippen molar-refractivity contribution in [1.29, 1.82) is 0 Å². The van der Waals surface area contributed by atoms with E-state index in [1.54, 1.807) is 19.1 Å². The molecule has 0 heterocycles. The molecule has 33 heavy (non-hydrogen) atoms. The van der Waals surface area contributed by atoms with Crippen LogP contribution in [0.3, 0.4) is 0 Å². The number of hydrogen-bond acceptors (Lipinski definition) is 4. The number of carbonyl (C=O) groups is 2. The molecule has 0 radical (unpaired) electrons. The van der Waals surface area contributed by atoms with E-state index in [4.69, 9.17) is 23.2 Å². The van der Waals surface area contributed by atoms with Gasteiger partial charge in [-0.1, -0.05) is 41.4 Å². The summed E-state index contributed by atoms with van der Waals surface area (Å²) >= 11 is 12.2. The summed E-state index contributed by atoms with van der Waals surface area (Å²) in [5, 5.41) is 3.00. The van der Waals surface area contributed by atoms with Gasteiger partial charge in [0.25, 0.3) is 0 Å². The van der Waals surface area contributed by atoms with Crippen LogP contribution < -0.4 is 9.62 Å². The molecule has 11 heteroatoms. The van der Waals surface area contributed by atoms with E-state index in [-0.39, 0.29) is 42.2 Å². The third-order valence-corrected chi connectivity index (χ3v) is 6.78. The third-order valence-electron chi connectivity index (χ3n) is 5.04. The lowest BCUT2D eigenvalue weighted by atomic mass is 10.1. The van der Waals surface area contributed by atoms with Gasteiger partial charge in [0.15, 0.2) is 0 Å². The van der Waals surface area contributed by atoms with Crippen LogP contribution in [0.1, 0.15) is 25.3 Å². The Kier molecular flexibility index (Phi) is 9.51. The second-order valence-corrected chi connectivity index (χ2v) is 10.2. The van der Waals surface area contributed by atoms with Crippen LogP contribution in [0.5, 0.6) is 0 Å². The van der Waals surface area contributed by atoms with Crippen LogP contribution in [-0.2, 0) is 26.2 Å². The second kappa shape index (κ2) is 11.7. The Morgan fingerprint density at radius 2 is 1.82 bits per heavy atom.